The van der Waals surface area contributed by atoms with Crippen LogP contribution in [0.25, 0.3) is 0 Å². The highest BCUT2D eigenvalue weighted by atomic mass is 16.6. The molecule has 0 saturated heterocycles. The summed E-state index contributed by atoms with van der Waals surface area (Å²) in [5, 5.41) is 24.0. The molecule has 0 bridgehead atoms. The Hall–Kier alpha value is -2.20. The van der Waals surface area contributed by atoms with Gasteiger partial charge in [-0.2, -0.15) is 0 Å². The molecule has 2 amide bonds. The van der Waals surface area contributed by atoms with E-state index in [0.717, 1.165) is 12.8 Å². The summed E-state index contributed by atoms with van der Waals surface area (Å²) in [6.45, 7) is 8.89. The van der Waals surface area contributed by atoms with Gasteiger partial charge in [0.2, 0.25) is 11.8 Å². The van der Waals surface area contributed by atoms with E-state index in [1.54, 1.807) is 41.5 Å². The third-order valence-corrected chi connectivity index (χ3v) is 5.15. The highest BCUT2D eigenvalue weighted by molar-refractivity contribution is 5.87. The monoisotopic (exact) mass is 472 g/mol. The maximum absolute atomic E-state index is 12.7. The largest absolute Gasteiger partial charge is 0.458 e. The van der Waals surface area contributed by atoms with E-state index in [1.807, 2.05) is 0 Å². The first-order chi connectivity index (χ1) is 15.1. The third kappa shape index (κ3) is 10.5. The van der Waals surface area contributed by atoms with Gasteiger partial charge >= 0.3 is 11.9 Å². The lowest BCUT2D eigenvalue weighted by Gasteiger charge is -2.30. The number of hydrogen-bond donors (Lipinski definition) is 4. The molecule has 0 aliphatic heterocycles. The van der Waals surface area contributed by atoms with Crippen LogP contribution in [0.1, 0.15) is 80.1 Å². The summed E-state index contributed by atoms with van der Waals surface area (Å²) in [5.74, 6) is -2.42. The molecule has 1 saturated carbocycles. The Morgan fingerprint density at radius 2 is 1.09 bits per heavy atom. The van der Waals surface area contributed by atoms with Gasteiger partial charge in [0.25, 0.3) is 0 Å². The predicted molar refractivity (Wildman–Crippen MR) is 120 cm³/mol. The van der Waals surface area contributed by atoms with Gasteiger partial charge in [-0.05, 0) is 59.8 Å². The minimum atomic E-state index is -1.20. The van der Waals surface area contributed by atoms with Gasteiger partial charge in [0, 0.05) is 12.8 Å². The van der Waals surface area contributed by atoms with Crippen molar-refractivity contribution in [3.05, 3.63) is 0 Å². The highest BCUT2D eigenvalue weighted by Crippen LogP contribution is 2.44. The SMILES string of the molecule is CC(C)(C)OC(=O)[C@@H](CO)NC(=O)CC1(CC(=O)N[C@H](CO)C(=O)OC(C)(C)C)CCCC1. The second-order valence-corrected chi connectivity index (χ2v) is 10.7. The van der Waals surface area contributed by atoms with Crippen molar-refractivity contribution in [2.75, 3.05) is 13.2 Å². The Morgan fingerprint density at radius 1 is 0.758 bits per heavy atom. The Bertz CT molecular complexity index is 648. The zero-order valence-corrected chi connectivity index (χ0v) is 20.7. The smallest absolute Gasteiger partial charge is 0.331 e. The fraction of sp³-hybridized carbons (Fsp3) is 0.826. The third-order valence-electron chi connectivity index (χ3n) is 5.15. The molecule has 0 heterocycles. The summed E-state index contributed by atoms with van der Waals surface area (Å²) in [6, 6.07) is -2.40. The standard InChI is InChI=1S/C23H40N2O8/c1-21(2,3)32-19(30)15(13-26)24-17(28)11-23(9-7-8-10-23)12-18(29)25-16(14-27)20(31)33-22(4,5)6/h15-16,26-27H,7-14H2,1-6H3,(H,24,28)(H,25,29)/t15-,16-/m1/s1. The lowest BCUT2D eigenvalue weighted by Crippen LogP contribution is -2.49. The van der Waals surface area contributed by atoms with E-state index >= 15 is 0 Å². The van der Waals surface area contributed by atoms with Gasteiger partial charge in [-0.15, -0.1) is 0 Å². The fourth-order valence-corrected chi connectivity index (χ4v) is 3.82. The Labute approximate surface area is 195 Å². The van der Waals surface area contributed by atoms with Crippen LogP contribution >= 0.6 is 0 Å². The molecular weight excluding hydrogens is 432 g/mol. The Morgan fingerprint density at radius 3 is 1.36 bits per heavy atom. The molecule has 1 aliphatic carbocycles. The maximum atomic E-state index is 12.7. The number of ether oxygens (including phenoxy) is 2. The number of amides is 2. The van der Waals surface area contributed by atoms with Gasteiger partial charge in [-0.3, -0.25) is 9.59 Å². The van der Waals surface area contributed by atoms with Gasteiger partial charge in [-0.1, -0.05) is 12.8 Å². The summed E-state index contributed by atoms with van der Waals surface area (Å²) < 4.78 is 10.4. The van der Waals surface area contributed by atoms with Crippen molar-refractivity contribution in [1.82, 2.24) is 10.6 Å². The van der Waals surface area contributed by atoms with E-state index in [2.05, 4.69) is 10.6 Å². The molecule has 0 unspecified atom stereocenters. The van der Waals surface area contributed by atoms with Gasteiger partial charge < -0.3 is 30.3 Å². The zero-order valence-electron chi connectivity index (χ0n) is 20.7. The quantitative estimate of drug-likeness (QED) is 0.343. The first-order valence-electron chi connectivity index (χ1n) is 11.4. The van der Waals surface area contributed by atoms with Crippen LogP contribution in [0.3, 0.4) is 0 Å². The summed E-state index contributed by atoms with van der Waals surface area (Å²) in [4.78, 5) is 49.8. The molecule has 2 atom stereocenters. The molecule has 10 heteroatoms. The van der Waals surface area contributed by atoms with Crippen LogP contribution in [-0.4, -0.2) is 70.5 Å². The van der Waals surface area contributed by atoms with E-state index in [1.165, 1.54) is 0 Å². The number of nitrogens with one attached hydrogen (secondary N) is 2. The predicted octanol–water partition coefficient (Wildman–Crippen LogP) is 0.965. The van der Waals surface area contributed by atoms with E-state index in [-0.39, 0.29) is 12.8 Å². The molecule has 190 valence electrons. The molecule has 1 rings (SSSR count). The van der Waals surface area contributed by atoms with Crippen LogP contribution in [0, 0.1) is 5.41 Å². The molecular formula is C23H40N2O8. The molecule has 33 heavy (non-hydrogen) atoms. The molecule has 0 aromatic rings. The van der Waals surface area contributed by atoms with Crippen LogP contribution in [0.15, 0.2) is 0 Å². The maximum Gasteiger partial charge on any atom is 0.331 e. The molecule has 0 spiro atoms. The number of esters is 2. The molecule has 0 aromatic heterocycles. The first kappa shape index (κ1) is 28.8. The van der Waals surface area contributed by atoms with Crippen LogP contribution in [-0.2, 0) is 28.7 Å². The lowest BCUT2D eigenvalue weighted by atomic mass is 9.78. The van der Waals surface area contributed by atoms with Crippen LogP contribution in [0.5, 0.6) is 0 Å². The van der Waals surface area contributed by atoms with Crippen LogP contribution < -0.4 is 10.6 Å². The average molecular weight is 473 g/mol. The highest BCUT2D eigenvalue weighted by Gasteiger charge is 2.40. The van der Waals surface area contributed by atoms with Crippen molar-refractivity contribution in [2.24, 2.45) is 5.41 Å². The summed E-state index contributed by atoms with van der Waals surface area (Å²) in [7, 11) is 0. The van der Waals surface area contributed by atoms with Crippen molar-refractivity contribution in [3.8, 4) is 0 Å². The Balaban J connectivity index is 2.78. The number of rotatable bonds is 10. The number of carbonyl (C=O) groups excluding carboxylic acids is 4. The van der Waals surface area contributed by atoms with E-state index in [0.29, 0.717) is 12.8 Å². The van der Waals surface area contributed by atoms with Gasteiger partial charge in [0.15, 0.2) is 12.1 Å². The fourth-order valence-electron chi connectivity index (χ4n) is 3.82. The van der Waals surface area contributed by atoms with E-state index in [4.69, 9.17) is 9.47 Å². The van der Waals surface area contributed by atoms with E-state index in [9.17, 15) is 29.4 Å². The van der Waals surface area contributed by atoms with Crippen molar-refractivity contribution < 1.29 is 38.9 Å². The minimum Gasteiger partial charge on any atom is -0.458 e. The lowest BCUT2D eigenvalue weighted by molar-refractivity contribution is -0.160. The number of aliphatic hydroxyl groups excluding tert-OH is 2. The normalized spacial score (nSPS) is 17.6. The minimum absolute atomic E-state index is 0.0179. The van der Waals surface area contributed by atoms with Crippen LogP contribution in [0.4, 0.5) is 0 Å². The van der Waals surface area contributed by atoms with Crippen LogP contribution in [0.2, 0.25) is 0 Å². The summed E-state index contributed by atoms with van der Waals surface area (Å²) in [6.07, 6.45) is 2.89. The van der Waals surface area contributed by atoms with Gasteiger partial charge in [-0.25, -0.2) is 9.59 Å². The number of carbonyl (C=O) groups is 4. The zero-order chi connectivity index (χ0) is 25.4. The molecule has 10 nitrogen and oxygen atoms in total. The number of hydrogen-bond acceptors (Lipinski definition) is 8. The molecule has 1 aliphatic rings. The molecule has 1 fully saturated rings. The molecule has 0 aromatic carbocycles. The second-order valence-electron chi connectivity index (χ2n) is 10.7. The number of aliphatic hydroxyl groups is 2. The molecule has 0 radical (unpaired) electrons. The van der Waals surface area contributed by atoms with E-state index < -0.39 is 65.7 Å². The van der Waals surface area contributed by atoms with Gasteiger partial charge in [0.05, 0.1) is 13.2 Å². The van der Waals surface area contributed by atoms with Crippen molar-refractivity contribution in [2.45, 2.75) is 103 Å². The van der Waals surface area contributed by atoms with Gasteiger partial charge in [0.1, 0.15) is 11.2 Å². The topological polar surface area (TPSA) is 151 Å². The summed E-state index contributed by atoms with van der Waals surface area (Å²) in [5.41, 5.74) is -2.18. The Kier molecular flexibility index (Phi) is 10.3. The second kappa shape index (κ2) is 11.8. The molecule has 4 N–H and O–H groups in total. The van der Waals surface area contributed by atoms with Crippen molar-refractivity contribution in [1.29, 1.82) is 0 Å². The van der Waals surface area contributed by atoms with Crippen molar-refractivity contribution >= 4 is 23.8 Å². The average Bonchev–Trinajstić information content (AvgIpc) is 3.08. The first-order valence-corrected chi connectivity index (χ1v) is 11.4. The van der Waals surface area contributed by atoms with Crippen molar-refractivity contribution in [3.63, 3.8) is 0 Å². The summed E-state index contributed by atoms with van der Waals surface area (Å²) >= 11 is 0.